The number of benzene rings is 1. The van der Waals surface area contributed by atoms with E-state index in [-0.39, 0.29) is 23.8 Å². The van der Waals surface area contributed by atoms with Gasteiger partial charge in [-0.1, -0.05) is 29.8 Å². The van der Waals surface area contributed by atoms with Crippen LogP contribution in [0.4, 0.5) is 5.69 Å². The van der Waals surface area contributed by atoms with Crippen molar-refractivity contribution < 1.29 is 18.1 Å². The van der Waals surface area contributed by atoms with E-state index in [0.717, 1.165) is 0 Å². The highest BCUT2D eigenvalue weighted by molar-refractivity contribution is 9.10. The van der Waals surface area contributed by atoms with Gasteiger partial charge < -0.3 is 4.74 Å². The quantitative estimate of drug-likeness (QED) is 0.425. The lowest BCUT2D eigenvalue weighted by molar-refractivity contribution is -0.386. The van der Waals surface area contributed by atoms with Crippen molar-refractivity contribution in [3.05, 3.63) is 32.8 Å². The third kappa shape index (κ3) is 5.64. The molecule has 0 aliphatic carbocycles. The molecule has 0 bridgehead atoms. The van der Waals surface area contributed by atoms with Crippen molar-refractivity contribution >= 4 is 41.4 Å². The number of ether oxygens (including phenoxy) is 1. The van der Waals surface area contributed by atoms with E-state index in [1.807, 2.05) is 0 Å². The molecule has 0 atom stereocenters. The molecule has 0 radical (unpaired) electrons. The number of nitro groups is 1. The molecule has 9 heteroatoms. The van der Waals surface area contributed by atoms with E-state index in [2.05, 4.69) is 15.9 Å². The van der Waals surface area contributed by atoms with E-state index in [9.17, 15) is 18.5 Å². The van der Waals surface area contributed by atoms with Crippen LogP contribution < -0.4 is 4.74 Å². The fourth-order valence-electron chi connectivity index (χ4n) is 1.54. The number of hydrogen-bond acceptors (Lipinski definition) is 5. The molecule has 0 amide bonds. The first-order valence-corrected chi connectivity index (χ1v) is 8.76. The maximum atomic E-state index is 11.1. The number of halogens is 2. The summed E-state index contributed by atoms with van der Waals surface area (Å²) in [6, 6.07) is 4.38. The molecule has 1 rings (SSSR count). The van der Waals surface area contributed by atoms with E-state index < -0.39 is 19.4 Å². The van der Waals surface area contributed by atoms with Gasteiger partial charge in [0.1, 0.15) is 0 Å². The third-order valence-electron chi connectivity index (χ3n) is 2.30. The number of nitro benzene ring substituents is 1. The molecule has 1 aromatic carbocycles. The summed E-state index contributed by atoms with van der Waals surface area (Å²) in [4.78, 5) is 10.4. The molecule has 0 N–H and O–H groups in total. The largest absolute Gasteiger partial charge is 0.486 e. The van der Waals surface area contributed by atoms with Gasteiger partial charge in [0, 0.05) is 26.6 Å². The molecule has 0 fully saturated rings. The first-order valence-electron chi connectivity index (χ1n) is 5.49. The lowest BCUT2D eigenvalue weighted by Gasteiger charge is -2.22. The molecular formula is C11H13BrClNO5S. The molecule has 0 aliphatic rings. The molecule has 0 aliphatic heterocycles. The maximum Gasteiger partial charge on any atom is 0.312 e. The van der Waals surface area contributed by atoms with Crippen molar-refractivity contribution in [1.29, 1.82) is 0 Å². The normalized spacial score (nSPS) is 12.2. The molecule has 0 aromatic heterocycles. The Morgan fingerprint density at radius 2 is 2.05 bits per heavy atom. The molecule has 0 saturated heterocycles. The van der Waals surface area contributed by atoms with Crippen molar-refractivity contribution in [3.63, 3.8) is 0 Å². The van der Waals surface area contributed by atoms with E-state index in [0.29, 0.717) is 4.47 Å². The van der Waals surface area contributed by atoms with Crippen LogP contribution in [0.15, 0.2) is 22.7 Å². The standard InChI is InChI=1S/C11H13BrClNO5S/c1-11(2,7-20(13,17)18)6-19-10-4-3-8(12)5-9(10)14(15)16/h3-5H,6-7H2,1-2H3. The summed E-state index contributed by atoms with van der Waals surface area (Å²) < 4.78 is 28.1. The highest BCUT2D eigenvalue weighted by Crippen LogP contribution is 2.31. The summed E-state index contributed by atoms with van der Waals surface area (Å²) in [6.07, 6.45) is 0. The van der Waals surface area contributed by atoms with Crippen molar-refractivity contribution in [2.24, 2.45) is 5.41 Å². The van der Waals surface area contributed by atoms with Gasteiger partial charge in [-0.15, -0.1) is 0 Å². The van der Waals surface area contributed by atoms with Crippen molar-refractivity contribution in [2.75, 3.05) is 12.4 Å². The van der Waals surface area contributed by atoms with Gasteiger partial charge in [0.15, 0.2) is 5.75 Å². The summed E-state index contributed by atoms with van der Waals surface area (Å²) in [6.45, 7) is 3.29. The second kappa shape index (κ2) is 6.28. The van der Waals surface area contributed by atoms with Gasteiger partial charge in [0.05, 0.1) is 17.3 Å². The predicted molar refractivity (Wildman–Crippen MR) is 79.7 cm³/mol. The van der Waals surface area contributed by atoms with Gasteiger partial charge in [-0.25, -0.2) is 8.42 Å². The first kappa shape index (κ1) is 17.2. The lowest BCUT2D eigenvalue weighted by Crippen LogP contribution is -2.28. The van der Waals surface area contributed by atoms with Crippen LogP contribution in [0.2, 0.25) is 0 Å². The summed E-state index contributed by atoms with van der Waals surface area (Å²) in [5.74, 6) is -0.204. The van der Waals surface area contributed by atoms with E-state index in [1.54, 1.807) is 19.9 Å². The zero-order valence-electron chi connectivity index (χ0n) is 10.8. The fraction of sp³-hybridized carbons (Fsp3) is 0.455. The minimum absolute atomic E-state index is 0.0125. The molecule has 0 heterocycles. The molecule has 1 aromatic rings. The Balaban J connectivity index is 2.87. The number of nitrogens with zero attached hydrogens (tertiary/aromatic N) is 1. The van der Waals surface area contributed by atoms with Crippen LogP contribution in [0.3, 0.4) is 0 Å². The van der Waals surface area contributed by atoms with Crippen LogP contribution in [0, 0.1) is 15.5 Å². The SMILES string of the molecule is CC(C)(COc1ccc(Br)cc1[N+](=O)[O-])CS(=O)(=O)Cl. The Kier molecular flexibility index (Phi) is 5.39. The molecule has 112 valence electrons. The first-order chi connectivity index (χ1) is 9.00. The molecular weight excluding hydrogens is 374 g/mol. The van der Waals surface area contributed by atoms with Crippen LogP contribution in [0.1, 0.15) is 13.8 Å². The van der Waals surface area contributed by atoms with E-state index in [1.165, 1.54) is 12.1 Å². The van der Waals surface area contributed by atoms with Crippen molar-refractivity contribution in [3.8, 4) is 5.75 Å². The minimum atomic E-state index is -3.67. The summed E-state index contributed by atoms with van der Waals surface area (Å²) >= 11 is 3.14. The van der Waals surface area contributed by atoms with Gasteiger partial charge in [-0.3, -0.25) is 10.1 Å². The van der Waals surface area contributed by atoms with Crippen LogP contribution in [-0.4, -0.2) is 25.7 Å². The predicted octanol–water partition coefficient (Wildman–Crippen LogP) is 3.33. The number of hydrogen-bond donors (Lipinski definition) is 0. The second-order valence-corrected chi connectivity index (χ2v) is 8.70. The Bertz CT molecular complexity index is 617. The smallest absolute Gasteiger partial charge is 0.312 e. The Morgan fingerprint density at radius 3 is 2.55 bits per heavy atom. The Labute approximate surface area is 129 Å². The average Bonchev–Trinajstić information content (AvgIpc) is 2.23. The van der Waals surface area contributed by atoms with E-state index in [4.69, 9.17) is 15.4 Å². The number of rotatable bonds is 6. The summed E-state index contributed by atoms with van der Waals surface area (Å²) in [5.41, 5.74) is -0.953. The highest BCUT2D eigenvalue weighted by atomic mass is 79.9. The summed E-state index contributed by atoms with van der Waals surface area (Å²) in [7, 11) is 1.54. The minimum Gasteiger partial charge on any atom is -0.486 e. The van der Waals surface area contributed by atoms with Crippen LogP contribution in [-0.2, 0) is 9.05 Å². The zero-order chi connectivity index (χ0) is 15.6. The van der Waals surface area contributed by atoms with Gasteiger partial charge in [0.2, 0.25) is 9.05 Å². The lowest BCUT2D eigenvalue weighted by atomic mass is 9.98. The topological polar surface area (TPSA) is 86.5 Å². The van der Waals surface area contributed by atoms with Crippen molar-refractivity contribution in [2.45, 2.75) is 13.8 Å². The highest BCUT2D eigenvalue weighted by Gasteiger charge is 2.27. The summed E-state index contributed by atoms with van der Waals surface area (Å²) in [5, 5.41) is 10.9. The molecule has 6 nitrogen and oxygen atoms in total. The zero-order valence-corrected chi connectivity index (χ0v) is 14.0. The van der Waals surface area contributed by atoms with Crippen LogP contribution in [0.5, 0.6) is 5.75 Å². The third-order valence-corrected chi connectivity index (χ3v) is 4.25. The molecule has 20 heavy (non-hydrogen) atoms. The van der Waals surface area contributed by atoms with Crippen molar-refractivity contribution in [1.82, 2.24) is 0 Å². The Morgan fingerprint density at radius 1 is 1.45 bits per heavy atom. The van der Waals surface area contributed by atoms with Gasteiger partial charge >= 0.3 is 5.69 Å². The molecule has 0 saturated carbocycles. The Hall–Kier alpha value is -0.860. The second-order valence-electron chi connectivity index (χ2n) is 5.01. The molecule has 0 unspecified atom stereocenters. The van der Waals surface area contributed by atoms with Gasteiger partial charge in [-0.2, -0.15) is 0 Å². The van der Waals surface area contributed by atoms with Gasteiger partial charge in [0.25, 0.3) is 0 Å². The van der Waals surface area contributed by atoms with Gasteiger partial charge in [-0.05, 0) is 12.1 Å². The van der Waals surface area contributed by atoms with Crippen LogP contribution in [0.25, 0.3) is 0 Å². The average molecular weight is 387 g/mol. The molecule has 0 spiro atoms. The van der Waals surface area contributed by atoms with Crippen LogP contribution >= 0.6 is 26.6 Å². The van der Waals surface area contributed by atoms with E-state index >= 15 is 0 Å². The monoisotopic (exact) mass is 385 g/mol. The maximum absolute atomic E-state index is 11.1. The fourth-order valence-corrected chi connectivity index (χ4v) is 3.79.